The summed E-state index contributed by atoms with van der Waals surface area (Å²) in [7, 11) is 0. The highest BCUT2D eigenvalue weighted by molar-refractivity contribution is 5.99. The monoisotopic (exact) mass is 384 g/mol. The number of halogens is 1. The molecule has 6 nitrogen and oxygen atoms in total. The minimum Gasteiger partial charge on any atom is -0.352 e. The Kier molecular flexibility index (Phi) is 6.71. The maximum atomic E-state index is 13.6. The third-order valence-corrected chi connectivity index (χ3v) is 4.99. The number of benzene rings is 1. The highest BCUT2D eigenvalue weighted by Gasteiger charge is 2.22. The van der Waals surface area contributed by atoms with Crippen molar-refractivity contribution >= 4 is 11.8 Å². The van der Waals surface area contributed by atoms with Crippen LogP contribution in [-0.4, -0.2) is 65.9 Å². The van der Waals surface area contributed by atoms with E-state index in [-0.39, 0.29) is 17.6 Å². The molecule has 0 aliphatic carbocycles. The van der Waals surface area contributed by atoms with Crippen LogP contribution < -0.4 is 5.32 Å². The zero-order valence-corrected chi connectivity index (χ0v) is 16.0. The van der Waals surface area contributed by atoms with Crippen LogP contribution in [0.2, 0.25) is 0 Å². The molecule has 2 aromatic rings. The molecule has 1 fully saturated rings. The van der Waals surface area contributed by atoms with E-state index < -0.39 is 0 Å². The van der Waals surface area contributed by atoms with Crippen molar-refractivity contribution in [3.63, 3.8) is 0 Å². The smallest absolute Gasteiger partial charge is 0.255 e. The molecule has 1 aliphatic rings. The van der Waals surface area contributed by atoms with Crippen molar-refractivity contribution in [3.8, 4) is 0 Å². The van der Waals surface area contributed by atoms with Crippen molar-refractivity contribution in [3.05, 3.63) is 65.2 Å². The van der Waals surface area contributed by atoms with Gasteiger partial charge in [0.1, 0.15) is 5.82 Å². The van der Waals surface area contributed by atoms with Gasteiger partial charge < -0.3 is 15.1 Å². The predicted octanol–water partition coefficient (Wildman–Crippen LogP) is 1.97. The molecule has 0 bridgehead atoms. The topological polar surface area (TPSA) is 65.5 Å². The van der Waals surface area contributed by atoms with E-state index in [1.54, 1.807) is 29.2 Å². The first-order valence-electron chi connectivity index (χ1n) is 9.56. The van der Waals surface area contributed by atoms with Crippen LogP contribution in [0.5, 0.6) is 0 Å². The van der Waals surface area contributed by atoms with Gasteiger partial charge in [-0.05, 0) is 30.7 Å². The zero-order chi connectivity index (χ0) is 19.9. The second kappa shape index (κ2) is 9.41. The Morgan fingerprint density at radius 1 is 1.11 bits per heavy atom. The fraction of sp³-hybridized carbons (Fsp3) is 0.381. The van der Waals surface area contributed by atoms with Crippen molar-refractivity contribution < 1.29 is 14.0 Å². The first-order valence-corrected chi connectivity index (χ1v) is 9.56. The van der Waals surface area contributed by atoms with Crippen molar-refractivity contribution in [1.29, 1.82) is 0 Å². The van der Waals surface area contributed by atoms with Gasteiger partial charge in [-0.3, -0.25) is 14.6 Å². The zero-order valence-electron chi connectivity index (χ0n) is 16.0. The molecule has 0 unspecified atom stereocenters. The van der Waals surface area contributed by atoms with Gasteiger partial charge in [0.25, 0.3) is 11.8 Å². The fourth-order valence-electron chi connectivity index (χ4n) is 3.24. The van der Waals surface area contributed by atoms with Crippen LogP contribution in [0.15, 0.2) is 42.7 Å². The van der Waals surface area contributed by atoms with E-state index in [2.05, 4.69) is 22.1 Å². The molecular formula is C21H25FN4O2. The number of hydrogen-bond acceptors (Lipinski definition) is 4. The third kappa shape index (κ3) is 4.92. The molecule has 2 heterocycles. The van der Waals surface area contributed by atoms with E-state index in [4.69, 9.17) is 0 Å². The van der Waals surface area contributed by atoms with Gasteiger partial charge in [-0.15, -0.1) is 0 Å². The first kappa shape index (κ1) is 19.9. The number of nitrogens with zero attached hydrogens (tertiary/aromatic N) is 3. The summed E-state index contributed by atoms with van der Waals surface area (Å²) in [6, 6.07) is 8.06. The van der Waals surface area contributed by atoms with Gasteiger partial charge in [0, 0.05) is 45.1 Å². The number of likely N-dealkylation sites (N-methyl/N-ethyl adjacent to an activating group) is 1. The van der Waals surface area contributed by atoms with E-state index in [0.29, 0.717) is 42.7 Å². The molecule has 0 radical (unpaired) electrons. The van der Waals surface area contributed by atoms with Gasteiger partial charge in [-0.2, -0.15) is 0 Å². The minimum atomic E-state index is -0.325. The molecular weight excluding hydrogens is 359 g/mol. The van der Waals surface area contributed by atoms with Gasteiger partial charge in [-0.25, -0.2) is 4.39 Å². The number of carbonyl (C=O) groups excluding carboxylic acids is 2. The summed E-state index contributed by atoms with van der Waals surface area (Å²) < 4.78 is 13.6. The molecule has 1 aromatic heterocycles. The van der Waals surface area contributed by atoms with Crippen LogP contribution in [0.1, 0.15) is 33.2 Å². The first-order chi connectivity index (χ1) is 13.6. The standard InChI is InChI=1S/C21H25FN4O2/c1-2-25-9-11-26(12-10-25)21(28)18-13-17(14-23-15-18)20(27)24-8-7-16-5-3-4-6-19(16)22/h3-6,13-15H,2,7-12H2,1H3,(H,24,27). The van der Waals surface area contributed by atoms with Crippen LogP contribution in [-0.2, 0) is 6.42 Å². The molecule has 2 amide bonds. The van der Waals surface area contributed by atoms with Crippen LogP contribution in [0.3, 0.4) is 0 Å². The van der Waals surface area contributed by atoms with E-state index in [0.717, 1.165) is 19.6 Å². The number of nitrogens with one attached hydrogen (secondary N) is 1. The van der Waals surface area contributed by atoms with Crippen molar-refractivity contribution in [2.75, 3.05) is 39.3 Å². The van der Waals surface area contributed by atoms with E-state index in [9.17, 15) is 14.0 Å². The summed E-state index contributed by atoms with van der Waals surface area (Å²) in [5, 5.41) is 2.76. The number of hydrogen-bond donors (Lipinski definition) is 1. The summed E-state index contributed by atoms with van der Waals surface area (Å²) in [6.45, 7) is 6.44. The molecule has 3 rings (SSSR count). The summed E-state index contributed by atoms with van der Waals surface area (Å²) in [4.78, 5) is 33.2. The Morgan fingerprint density at radius 2 is 1.82 bits per heavy atom. The number of amides is 2. The molecule has 1 N–H and O–H groups in total. The predicted molar refractivity (Wildman–Crippen MR) is 105 cm³/mol. The van der Waals surface area contributed by atoms with Gasteiger partial charge in [0.05, 0.1) is 11.1 Å². The summed E-state index contributed by atoms with van der Waals surface area (Å²) in [6.07, 6.45) is 3.32. The number of rotatable bonds is 6. The van der Waals surface area contributed by atoms with E-state index >= 15 is 0 Å². The van der Waals surface area contributed by atoms with Gasteiger partial charge in [-0.1, -0.05) is 25.1 Å². The highest BCUT2D eigenvalue weighted by Crippen LogP contribution is 2.10. The normalized spacial score (nSPS) is 14.7. The maximum Gasteiger partial charge on any atom is 0.255 e. The van der Waals surface area contributed by atoms with Crippen molar-refractivity contribution in [1.82, 2.24) is 20.1 Å². The van der Waals surface area contributed by atoms with Crippen molar-refractivity contribution in [2.45, 2.75) is 13.3 Å². The lowest BCUT2D eigenvalue weighted by Crippen LogP contribution is -2.48. The summed E-state index contributed by atoms with van der Waals surface area (Å²) in [5.74, 6) is -0.715. The fourth-order valence-corrected chi connectivity index (χ4v) is 3.24. The lowest BCUT2D eigenvalue weighted by atomic mass is 10.1. The van der Waals surface area contributed by atoms with Crippen LogP contribution >= 0.6 is 0 Å². The Morgan fingerprint density at radius 3 is 2.54 bits per heavy atom. The van der Waals surface area contributed by atoms with Gasteiger partial charge >= 0.3 is 0 Å². The van der Waals surface area contributed by atoms with E-state index in [1.165, 1.54) is 18.5 Å². The Bertz CT molecular complexity index is 835. The molecule has 28 heavy (non-hydrogen) atoms. The van der Waals surface area contributed by atoms with Gasteiger partial charge in [0.15, 0.2) is 0 Å². The van der Waals surface area contributed by atoms with Crippen LogP contribution in [0.4, 0.5) is 4.39 Å². The minimum absolute atomic E-state index is 0.107. The highest BCUT2D eigenvalue weighted by atomic mass is 19.1. The molecule has 0 spiro atoms. The Balaban J connectivity index is 1.57. The summed E-state index contributed by atoms with van der Waals surface area (Å²) in [5.41, 5.74) is 1.29. The molecule has 1 saturated heterocycles. The van der Waals surface area contributed by atoms with Gasteiger partial charge in [0.2, 0.25) is 0 Å². The van der Waals surface area contributed by atoms with Crippen LogP contribution in [0.25, 0.3) is 0 Å². The number of carbonyl (C=O) groups is 2. The summed E-state index contributed by atoms with van der Waals surface area (Å²) >= 11 is 0. The lowest BCUT2D eigenvalue weighted by Gasteiger charge is -2.34. The Labute approximate surface area is 164 Å². The lowest BCUT2D eigenvalue weighted by molar-refractivity contribution is 0.0643. The average Bonchev–Trinajstić information content (AvgIpc) is 2.74. The SMILES string of the molecule is CCN1CCN(C(=O)c2cncc(C(=O)NCCc3ccccc3F)c2)CC1. The van der Waals surface area contributed by atoms with Crippen LogP contribution in [0, 0.1) is 5.82 Å². The molecule has 1 aromatic carbocycles. The number of piperazine rings is 1. The molecule has 7 heteroatoms. The molecule has 0 atom stereocenters. The number of pyridine rings is 1. The van der Waals surface area contributed by atoms with E-state index in [1.807, 2.05) is 0 Å². The molecule has 0 saturated carbocycles. The maximum absolute atomic E-state index is 13.6. The third-order valence-electron chi connectivity index (χ3n) is 4.99. The quantitative estimate of drug-likeness (QED) is 0.827. The largest absolute Gasteiger partial charge is 0.352 e. The average molecular weight is 384 g/mol. The van der Waals surface area contributed by atoms with Crippen molar-refractivity contribution in [2.24, 2.45) is 0 Å². The number of aromatic nitrogens is 1. The molecule has 1 aliphatic heterocycles. The Hall–Kier alpha value is -2.80. The second-order valence-electron chi connectivity index (χ2n) is 6.79. The molecule has 148 valence electrons. The second-order valence-corrected chi connectivity index (χ2v) is 6.79.